The zero-order valence-corrected chi connectivity index (χ0v) is 26.0. The standard InChI is InChI=1S/C34H37N3O6S/c1-25(2)35-34(39)26(3)36(23-27-15-19-29(42-4)20-16-27)33(38)24-37(44(40,41)32-13-9-6-10-14-32)28-17-21-31(22-18-28)43-30-11-7-5-8-12-30/h5-22,25-26H,23-24H2,1-4H3,(H,35,39)/t26-/m0/s1. The summed E-state index contributed by atoms with van der Waals surface area (Å²) in [5.41, 5.74) is 1.02. The number of methoxy groups -OCH3 is 1. The van der Waals surface area contributed by atoms with Gasteiger partial charge in [0.25, 0.3) is 10.0 Å². The van der Waals surface area contributed by atoms with Crippen molar-refractivity contribution in [3.63, 3.8) is 0 Å². The van der Waals surface area contributed by atoms with Crippen molar-refractivity contribution in [2.45, 2.75) is 44.3 Å². The average molecular weight is 616 g/mol. The van der Waals surface area contributed by atoms with Gasteiger partial charge >= 0.3 is 0 Å². The molecule has 1 atom stereocenters. The van der Waals surface area contributed by atoms with E-state index in [4.69, 9.17) is 9.47 Å². The molecule has 0 aliphatic carbocycles. The fraction of sp³-hybridized carbons (Fsp3) is 0.235. The van der Waals surface area contributed by atoms with Crippen molar-refractivity contribution in [2.24, 2.45) is 0 Å². The highest BCUT2D eigenvalue weighted by atomic mass is 32.2. The van der Waals surface area contributed by atoms with E-state index in [0.29, 0.717) is 17.2 Å². The number of nitrogens with one attached hydrogen (secondary N) is 1. The number of hydrogen-bond donors (Lipinski definition) is 1. The van der Waals surface area contributed by atoms with Gasteiger partial charge in [-0.15, -0.1) is 0 Å². The van der Waals surface area contributed by atoms with Crippen LogP contribution in [-0.4, -0.2) is 50.9 Å². The first-order valence-electron chi connectivity index (χ1n) is 14.2. The third kappa shape index (κ3) is 8.17. The minimum absolute atomic E-state index is 0.0321. The van der Waals surface area contributed by atoms with E-state index >= 15 is 0 Å². The topological polar surface area (TPSA) is 105 Å². The fourth-order valence-electron chi connectivity index (χ4n) is 4.47. The summed E-state index contributed by atoms with van der Waals surface area (Å²) in [7, 11) is -2.61. The lowest BCUT2D eigenvalue weighted by Crippen LogP contribution is -2.52. The number of benzene rings is 4. The molecule has 10 heteroatoms. The Morgan fingerprint density at radius 3 is 1.86 bits per heavy atom. The summed E-state index contributed by atoms with van der Waals surface area (Å²) in [5.74, 6) is 0.894. The smallest absolute Gasteiger partial charge is 0.264 e. The molecule has 0 unspecified atom stereocenters. The number of sulfonamides is 1. The Morgan fingerprint density at radius 2 is 1.30 bits per heavy atom. The molecule has 230 valence electrons. The summed E-state index contributed by atoms with van der Waals surface area (Å²) in [5, 5.41) is 2.85. The van der Waals surface area contributed by atoms with Crippen LogP contribution in [0, 0.1) is 0 Å². The highest BCUT2D eigenvalue weighted by molar-refractivity contribution is 7.92. The maximum atomic E-state index is 14.1. The number of anilines is 1. The molecule has 0 aromatic heterocycles. The van der Waals surface area contributed by atoms with Crippen LogP contribution in [0.2, 0.25) is 0 Å². The lowest BCUT2D eigenvalue weighted by molar-refractivity contribution is -0.139. The Bertz CT molecular complexity index is 1630. The van der Waals surface area contributed by atoms with Gasteiger partial charge in [-0.1, -0.05) is 48.5 Å². The Morgan fingerprint density at radius 1 is 0.750 bits per heavy atom. The maximum Gasteiger partial charge on any atom is 0.264 e. The van der Waals surface area contributed by atoms with Crippen LogP contribution in [0.1, 0.15) is 26.3 Å². The van der Waals surface area contributed by atoms with Gasteiger partial charge in [0.15, 0.2) is 0 Å². The minimum atomic E-state index is -4.17. The molecule has 1 N–H and O–H groups in total. The molecule has 0 heterocycles. The van der Waals surface area contributed by atoms with Gasteiger partial charge in [0.1, 0.15) is 29.8 Å². The molecule has 0 saturated carbocycles. The second kappa shape index (κ2) is 14.6. The van der Waals surface area contributed by atoms with Gasteiger partial charge < -0.3 is 19.7 Å². The second-order valence-corrected chi connectivity index (χ2v) is 12.3. The first-order chi connectivity index (χ1) is 21.1. The molecule has 0 saturated heterocycles. The van der Waals surface area contributed by atoms with Gasteiger partial charge in [0.2, 0.25) is 11.8 Å². The van der Waals surface area contributed by atoms with Gasteiger partial charge in [-0.25, -0.2) is 8.42 Å². The van der Waals surface area contributed by atoms with E-state index < -0.39 is 28.5 Å². The molecule has 4 aromatic rings. The molecule has 4 rings (SSSR count). The molecule has 44 heavy (non-hydrogen) atoms. The normalized spacial score (nSPS) is 11.8. The number of amides is 2. The summed E-state index contributed by atoms with van der Waals surface area (Å²) in [6, 6.07) is 29.7. The number of ether oxygens (including phenoxy) is 2. The van der Waals surface area contributed by atoms with Gasteiger partial charge in [-0.2, -0.15) is 0 Å². The molecular formula is C34H37N3O6S. The number of rotatable bonds is 13. The van der Waals surface area contributed by atoms with E-state index in [1.54, 1.807) is 80.8 Å². The Balaban J connectivity index is 1.68. The minimum Gasteiger partial charge on any atom is -0.497 e. The van der Waals surface area contributed by atoms with Crippen molar-refractivity contribution in [2.75, 3.05) is 18.0 Å². The van der Waals surface area contributed by atoms with E-state index in [-0.39, 0.29) is 29.1 Å². The monoisotopic (exact) mass is 615 g/mol. The highest BCUT2D eigenvalue weighted by Gasteiger charge is 2.32. The molecular weight excluding hydrogens is 578 g/mol. The predicted octanol–water partition coefficient (Wildman–Crippen LogP) is 5.62. The lowest BCUT2D eigenvalue weighted by atomic mass is 10.1. The summed E-state index contributed by atoms with van der Waals surface area (Å²) in [4.78, 5) is 28.6. The number of carbonyl (C=O) groups excluding carboxylic acids is 2. The fourth-order valence-corrected chi connectivity index (χ4v) is 5.90. The predicted molar refractivity (Wildman–Crippen MR) is 170 cm³/mol. The van der Waals surface area contributed by atoms with E-state index in [0.717, 1.165) is 9.87 Å². The molecule has 0 spiro atoms. The quantitative estimate of drug-likeness (QED) is 0.209. The van der Waals surface area contributed by atoms with Crippen molar-refractivity contribution < 1.29 is 27.5 Å². The van der Waals surface area contributed by atoms with Crippen LogP contribution in [-0.2, 0) is 26.2 Å². The molecule has 4 aromatic carbocycles. The van der Waals surface area contributed by atoms with Crippen LogP contribution >= 0.6 is 0 Å². The molecule has 2 amide bonds. The van der Waals surface area contributed by atoms with Gasteiger partial charge in [0, 0.05) is 12.6 Å². The van der Waals surface area contributed by atoms with Crippen LogP contribution in [0.25, 0.3) is 0 Å². The van der Waals surface area contributed by atoms with Crippen LogP contribution in [0.4, 0.5) is 5.69 Å². The molecule has 0 aliphatic heterocycles. The number of para-hydroxylation sites is 1. The van der Waals surface area contributed by atoms with Gasteiger partial charge in [-0.05, 0) is 87.0 Å². The van der Waals surface area contributed by atoms with Gasteiger partial charge in [0.05, 0.1) is 17.7 Å². The van der Waals surface area contributed by atoms with Crippen molar-refractivity contribution in [1.82, 2.24) is 10.2 Å². The molecule has 9 nitrogen and oxygen atoms in total. The largest absolute Gasteiger partial charge is 0.497 e. The Hall–Kier alpha value is -4.83. The van der Waals surface area contributed by atoms with Crippen LogP contribution in [0.15, 0.2) is 114 Å². The van der Waals surface area contributed by atoms with E-state index in [9.17, 15) is 18.0 Å². The number of carbonyl (C=O) groups is 2. The van der Waals surface area contributed by atoms with E-state index in [1.807, 2.05) is 44.2 Å². The summed E-state index contributed by atoms with van der Waals surface area (Å²) >= 11 is 0. The Labute approximate surface area is 259 Å². The first kappa shape index (κ1) is 32.1. The van der Waals surface area contributed by atoms with Crippen LogP contribution in [0.3, 0.4) is 0 Å². The van der Waals surface area contributed by atoms with Crippen LogP contribution in [0.5, 0.6) is 17.2 Å². The van der Waals surface area contributed by atoms with Crippen molar-refractivity contribution in [1.29, 1.82) is 0 Å². The molecule has 0 bridgehead atoms. The van der Waals surface area contributed by atoms with Crippen molar-refractivity contribution in [3.8, 4) is 17.2 Å². The average Bonchev–Trinajstić information content (AvgIpc) is 3.03. The van der Waals surface area contributed by atoms with Crippen molar-refractivity contribution >= 4 is 27.5 Å². The zero-order valence-electron chi connectivity index (χ0n) is 25.2. The first-order valence-corrected chi connectivity index (χ1v) is 15.7. The number of nitrogens with zero attached hydrogens (tertiary/aromatic N) is 2. The van der Waals surface area contributed by atoms with Crippen LogP contribution < -0.4 is 19.1 Å². The number of hydrogen-bond acceptors (Lipinski definition) is 6. The van der Waals surface area contributed by atoms with E-state index in [2.05, 4.69) is 5.32 Å². The van der Waals surface area contributed by atoms with Gasteiger partial charge in [-0.3, -0.25) is 13.9 Å². The summed E-state index contributed by atoms with van der Waals surface area (Å²) < 4.78 is 40.1. The van der Waals surface area contributed by atoms with Crippen molar-refractivity contribution in [3.05, 3.63) is 115 Å². The second-order valence-electron chi connectivity index (χ2n) is 10.4. The maximum absolute atomic E-state index is 14.1. The molecule has 0 radical (unpaired) electrons. The summed E-state index contributed by atoms with van der Waals surface area (Å²) in [6.07, 6.45) is 0. The zero-order chi connectivity index (χ0) is 31.7. The molecule has 0 aliphatic rings. The SMILES string of the molecule is COc1ccc(CN(C(=O)CN(c2ccc(Oc3ccccc3)cc2)S(=O)(=O)c2ccccc2)[C@@H](C)C(=O)NC(C)C)cc1. The lowest BCUT2D eigenvalue weighted by Gasteiger charge is -2.32. The highest BCUT2D eigenvalue weighted by Crippen LogP contribution is 2.28. The summed E-state index contributed by atoms with van der Waals surface area (Å²) in [6.45, 7) is 4.84. The third-order valence-electron chi connectivity index (χ3n) is 6.82. The third-order valence-corrected chi connectivity index (χ3v) is 8.61. The Kier molecular flexibility index (Phi) is 10.6. The molecule has 0 fully saturated rings. The van der Waals surface area contributed by atoms with E-state index in [1.165, 1.54) is 17.0 Å².